The number of nitrogens with zero attached hydrogens (tertiary/aromatic N) is 3. The molecule has 32 heavy (non-hydrogen) atoms. The Balaban J connectivity index is 1.32. The minimum absolute atomic E-state index is 0.168. The second-order valence-electron chi connectivity index (χ2n) is 7.47. The molecule has 2 heterocycles. The second kappa shape index (κ2) is 8.99. The number of hydrogen-bond donors (Lipinski definition) is 2. The summed E-state index contributed by atoms with van der Waals surface area (Å²) < 4.78 is 5.92. The van der Waals surface area contributed by atoms with Crippen molar-refractivity contribution in [3.63, 3.8) is 0 Å². The van der Waals surface area contributed by atoms with Gasteiger partial charge in [-0.2, -0.15) is 0 Å². The SMILES string of the molecule is OC(CNc1nc(-c2ccncc2)nc2ccccc12)COc1cccc2ccccc12. The van der Waals surface area contributed by atoms with E-state index < -0.39 is 6.10 Å². The van der Waals surface area contributed by atoms with Gasteiger partial charge >= 0.3 is 0 Å². The zero-order chi connectivity index (χ0) is 21.8. The van der Waals surface area contributed by atoms with Crippen molar-refractivity contribution in [2.75, 3.05) is 18.5 Å². The molecule has 158 valence electrons. The normalized spacial score (nSPS) is 12.0. The fourth-order valence-electron chi connectivity index (χ4n) is 3.62. The summed E-state index contributed by atoms with van der Waals surface area (Å²) in [7, 11) is 0. The first-order valence-corrected chi connectivity index (χ1v) is 10.5. The molecule has 1 unspecified atom stereocenters. The molecule has 0 fully saturated rings. The molecule has 0 amide bonds. The Hall–Kier alpha value is -4.03. The average molecular weight is 422 g/mol. The summed E-state index contributed by atoms with van der Waals surface area (Å²) in [5, 5.41) is 16.9. The Morgan fingerprint density at radius 2 is 1.56 bits per heavy atom. The van der Waals surface area contributed by atoms with E-state index >= 15 is 0 Å². The van der Waals surface area contributed by atoms with Crippen molar-refractivity contribution in [2.45, 2.75) is 6.10 Å². The number of nitrogens with one attached hydrogen (secondary N) is 1. The third-order valence-corrected chi connectivity index (χ3v) is 5.23. The largest absolute Gasteiger partial charge is 0.490 e. The van der Waals surface area contributed by atoms with Gasteiger partial charge in [0.2, 0.25) is 0 Å². The van der Waals surface area contributed by atoms with E-state index in [0.29, 0.717) is 18.2 Å². The van der Waals surface area contributed by atoms with Crippen molar-refractivity contribution in [2.24, 2.45) is 0 Å². The number of anilines is 1. The molecule has 5 rings (SSSR count). The third kappa shape index (κ3) is 4.22. The van der Waals surface area contributed by atoms with Crippen molar-refractivity contribution in [1.82, 2.24) is 15.0 Å². The molecule has 0 spiro atoms. The molecule has 6 heteroatoms. The Morgan fingerprint density at radius 3 is 2.44 bits per heavy atom. The molecule has 0 aliphatic heterocycles. The molecule has 0 saturated carbocycles. The predicted molar refractivity (Wildman–Crippen MR) is 127 cm³/mol. The van der Waals surface area contributed by atoms with Crippen molar-refractivity contribution in [1.29, 1.82) is 0 Å². The van der Waals surface area contributed by atoms with Gasteiger partial charge in [-0.3, -0.25) is 4.98 Å². The zero-order valence-electron chi connectivity index (χ0n) is 17.3. The van der Waals surface area contributed by atoms with E-state index in [-0.39, 0.29) is 6.61 Å². The van der Waals surface area contributed by atoms with Crippen LogP contribution in [0.5, 0.6) is 5.75 Å². The van der Waals surface area contributed by atoms with Crippen LogP contribution < -0.4 is 10.1 Å². The molecule has 0 aliphatic rings. The number of benzene rings is 3. The lowest BCUT2D eigenvalue weighted by atomic mass is 10.1. The number of hydrogen-bond acceptors (Lipinski definition) is 6. The molecule has 2 aromatic heterocycles. The number of fused-ring (bicyclic) bond motifs is 2. The van der Waals surface area contributed by atoms with Gasteiger partial charge in [-0.1, -0.05) is 48.5 Å². The predicted octanol–water partition coefficient (Wildman–Crippen LogP) is 4.70. The Kier molecular flexibility index (Phi) is 5.59. The lowest BCUT2D eigenvalue weighted by Gasteiger charge is -2.16. The molecular formula is C26H22N4O2. The van der Waals surface area contributed by atoms with Gasteiger partial charge < -0.3 is 15.2 Å². The van der Waals surface area contributed by atoms with Gasteiger partial charge in [0, 0.05) is 35.3 Å². The van der Waals surface area contributed by atoms with Gasteiger partial charge in [0.1, 0.15) is 24.3 Å². The molecule has 3 aromatic carbocycles. The van der Waals surface area contributed by atoms with Crippen molar-refractivity contribution in [3.05, 3.63) is 91.3 Å². The summed E-state index contributed by atoms with van der Waals surface area (Å²) in [6.45, 7) is 0.461. The van der Waals surface area contributed by atoms with E-state index in [4.69, 9.17) is 9.72 Å². The maximum absolute atomic E-state index is 10.6. The first-order valence-electron chi connectivity index (χ1n) is 10.5. The Morgan fingerprint density at radius 1 is 0.812 bits per heavy atom. The second-order valence-corrected chi connectivity index (χ2v) is 7.47. The summed E-state index contributed by atoms with van der Waals surface area (Å²) >= 11 is 0. The lowest BCUT2D eigenvalue weighted by molar-refractivity contribution is 0.118. The van der Waals surface area contributed by atoms with Crippen LogP contribution in [0.4, 0.5) is 5.82 Å². The van der Waals surface area contributed by atoms with Crippen molar-refractivity contribution in [3.8, 4) is 17.1 Å². The summed E-state index contributed by atoms with van der Waals surface area (Å²) in [4.78, 5) is 13.4. The highest BCUT2D eigenvalue weighted by molar-refractivity contribution is 5.90. The highest BCUT2D eigenvalue weighted by Gasteiger charge is 2.12. The third-order valence-electron chi connectivity index (χ3n) is 5.23. The number of aliphatic hydroxyl groups is 1. The van der Waals surface area contributed by atoms with E-state index in [1.54, 1.807) is 12.4 Å². The summed E-state index contributed by atoms with van der Waals surface area (Å²) in [6.07, 6.45) is 2.72. The van der Waals surface area contributed by atoms with Crippen LogP contribution >= 0.6 is 0 Å². The smallest absolute Gasteiger partial charge is 0.162 e. The maximum atomic E-state index is 10.6. The summed E-state index contributed by atoms with van der Waals surface area (Å²) in [5.41, 5.74) is 1.71. The monoisotopic (exact) mass is 422 g/mol. The minimum atomic E-state index is -0.716. The van der Waals surface area contributed by atoms with E-state index in [0.717, 1.165) is 33.0 Å². The van der Waals surface area contributed by atoms with E-state index in [1.165, 1.54) is 0 Å². The zero-order valence-corrected chi connectivity index (χ0v) is 17.3. The molecule has 1 atom stereocenters. The first-order chi connectivity index (χ1) is 15.8. The molecule has 5 aromatic rings. The van der Waals surface area contributed by atoms with Gasteiger partial charge in [0.15, 0.2) is 5.82 Å². The van der Waals surface area contributed by atoms with Gasteiger partial charge in [0.25, 0.3) is 0 Å². The molecular weight excluding hydrogens is 400 g/mol. The number of pyridine rings is 1. The Bertz CT molecular complexity index is 1350. The fraction of sp³-hybridized carbons (Fsp3) is 0.115. The Labute approximate surface area is 185 Å². The van der Waals surface area contributed by atoms with E-state index in [9.17, 15) is 5.11 Å². The highest BCUT2D eigenvalue weighted by atomic mass is 16.5. The average Bonchev–Trinajstić information content (AvgIpc) is 2.86. The fourth-order valence-corrected chi connectivity index (χ4v) is 3.62. The van der Waals surface area contributed by atoms with Crippen molar-refractivity contribution < 1.29 is 9.84 Å². The van der Waals surface area contributed by atoms with Crippen LogP contribution in [0.25, 0.3) is 33.1 Å². The molecule has 0 radical (unpaired) electrons. The van der Waals surface area contributed by atoms with Crippen LogP contribution in [0, 0.1) is 0 Å². The number of aliphatic hydroxyl groups excluding tert-OH is 1. The standard InChI is InChI=1S/C26H22N4O2/c31-20(17-32-24-11-5-7-18-6-1-2-8-21(18)24)16-28-26-22-9-3-4-10-23(22)29-25(30-26)19-12-14-27-15-13-19/h1-15,20,31H,16-17H2,(H,28,29,30). The highest BCUT2D eigenvalue weighted by Crippen LogP contribution is 2.26. The molecule has 6 nitrogen and oxygen atoms in total. The van der Waals surface area contributed by atoms with Crippen LogP contribution in [-0.4, -0.2) is 39.3 Å². The van der Waals surface area contributed by atoms with Crippen LogP contribution in [0.1, 0.15) is 0 Å². The lowest BCUT2D eigenvalue weighted by Crippen LogP contribution is -2.26. The van der Waals surface area contributed by atoms with Crippen LogP contribution in [0.2, 0.25) is 0 Å². The first kappa shape index (κ1) is 19.9. The quantitative estimate of drug-likeness (QED) is 0.396. The van der Waals surface area contributed by atoms with Crippen LogP contribution in [-0.2, 0) is 0 Å². The maximum Gasteiger partial charge on any atom is 0.162 e. The topological polar surface area (TPSA) is 80.2 Å². The number of ether oxygens (including phenoxy) is 1. The van der Waals surface area contributed by atoms with E-state index in [2.05, 4.69) is 15.3 Å². The minimum Gasteiger partial charge on any atom is -0.490 e. The number of rotatable bonds is 7. The van der Waals surface area contributed by atoms with Crippen LogP contribution in [0.15, 0.2) is 91.3 Å². The summed E-state index contributed by atoms with van der Waals surface area (Å²) in [5.74, 6) is 2.04. The summed E-state index contributed by atoms with van der Waals surface area (Å²) in [6, 6.07) is 25.5. The molecule has 0 bridgehead atoms. The van der Waals surface area contributed by atoms with Gasteiger partial charge in [0.05, 0.1) is 5.52 Å². The van der Waals surface area contributed by atoms with Gasteiger partial charge in [-0.25, -0.2) is 9.97 Å². The van der Waals surface area contributed by atoms with Gasteiger partial charge in [-0.05, 0) is 35.7 Å². The molecule has 0 saturated heterocycles. The van der Waals surface area contributed by atoms with E-state index in [1.807, 2.05) is 78.9 Å². The molecule has 2 N–H and O–H groups in total. The number of para-hydroxylation sites is 1. The van der Waals surface area contributed by atoms with Gasteiger partial charge in [-0.15, -0.1) is 0 Å². The van der Waals surface area contributed by atoms with Crippen molar-refractivity contribution >= 4 is 27.5 Å². The van der Waals surface area contributed by atoms with Crippen LogP contribution in [0.3, 0.4) is 0 Å². The molecule has 0 aliphatic carbocycles. The number of aromatic nitrogens is 3.